The number of ether oxygens (including phenoxy) is 1. The van der Waals surface area contributed by atoms with Crippen LogP contribution in [0, 0.1) is 13.8 Å². The number of rotatable bonds is 5. The number of carbonyl (C=O) groups is 1. The molecule has 0 radical (unpaired) electrons. The van der Waals surface area contributed by atoms with Gasteiger partial charge in [-0.1, -0.05) is 23.8 Å². The highest BCUT2D eigenvalue weighted by atomic mass is 32.5. The maximum absolute atomic E-state index is 12.9. The van der Waals surface area contributed by atoms with E-state index in [0.717, 1.165) is 22.6 Å². The third-order valence-electron chi connectivity index (χ3n) is 4.80. The summed E-state index contributed by atoms with van der Waals surface area (Å²) in [6.45, 7) is 0.325. The summed E-state index contributed by atoms with van der Waals surface area (Å²) >= 11 is 6.98. The van der Waals surface area contributed by atoms with Crippen LogP contribution in [0.1, 0.15) is 29.5 Å². The van der Waals surface area contributed by atoms with Crippen molar-refractivity contribution in [1.29, 1.82) is 0 Å². The summed E-state index contributed by atoms with van der Waals surface area (Å²) < 4.78 is 54.6. The standard InChI is InChI=1S/C19H22F3O4PS2/c1-12-4-5-14(13(2)10-12)15-16(26-27(3,28)24-11-19(20,21)22)18(25-17(15)23)6-8-29-9-7-18/h4-5,10H,6-9,11H2,1-3H3. The highest BCUT2D eigenvalue weighted by molar-refractivity contribution is 8.09. The Hall–Kier alpha value is -1.02. The van der Waals surface area contributed by atoms with Crippen LogP contribution >= 0.6 is 18.3 Å². The minimum absolute atomic E-state index is 0.225. The lowest BCUT2D eigenvalue weighted by molar-refractivity contribution is -0.153. The summed E-state index contributed by atoms with van der Waals surface area (Å²) in [4.78, 5) is 12.9. The van der Waals surface area contributed by atoms with Crippen LogP contribution in [0.25, 0.3) is 5.57 Å². The molecule has 0 aromatic heterocycles. The maximum atomic E-state index is 12.9. The summed E-state index contributed by atoms with van der Waals surface area (Å²) in [5.74, 6) is 1.18. The van der Waals surface area contributed by atoms with E-state index in [4.69, 9.17) is 25.6 Å². The van der Waals surface area contributed by atoms with Gasteiger partial charge in [0.2, 0.25) is 6.49 Å². The fourth-order valence-electron chi connectivity index (χ4n) is 3.46. The molecule has 0 saturated carbocycles. The molecule has 2 heterocycles. The molecule has 1 aromatic rings. The van der Waals surface area contributed by atoms with Gasteiger partial charge in [0.15, 0.2) is 18.0 Å². The van der Waals surface area contributed by atoms with Crippen molar-refractivity contribution in [2.45, 2.75) is 38.5 Å². The van der Waals surface area contributed by atoms with Crippen LogP contribution in [0.3, 0.4) is 0 Å². The van der Waals surface area contributed by atoms with E-state index in [1.165, 1.54) is 6.66 Å². The number of aryl methyl sites for hydroxylation is 2. The molecule has 160 valence electrons. The number of hydrogen-bond acceptors (Lipinski definition) is 6. The Morgan fingerprint density at radius 2 is 1.93 bits per heavy atom. The molecule has 29 heavy (non-hydrogen) atoms. The molecule has 1 atom stereocenters. The first kappa shape index (κ1) is 22.7. The monoisotopic (exact) mass is 466 g/mol. The van der Waals surface area contributed by atoms with Crippen LogP contribution in [-0.2, 0) is 30.4 Å². The fourth-order valence-corrected chi connectivity index (χ4v) is 6.02. The Morgan fingerprint density at radius 1 is 1.28 bits per heavy atom. The van der Waals surface area contributed by atoms with Crippen LogP contribution < -0.4 is 0 Å². The van der Waals surface area contributed by atoms with E-state index in [1.54, 1.807) is 17.8 Å². The zero-order valence-electron chi connectivity index (χ0n) is 16.3. The van der Waals surface area contributed by atoms with Crippen molar-refractivity contribution in [3.05, 3.63) is 40.6 Å². The highest BCUT2D eigenvalue weighted by Gasteiger charge is 2.52. The van der Waals surface area contributed by atoms with Gasteiger partial charge in [-0.3, -0.25) is 0 Å². The molecule has 0 N–H and O–H groups in total. The van der Waals surface area contributed by atoms with Gasteiger partial charge in [-0.15, -0.1) is 0 Å². The molecule has 0 bridgehead atoms. The van der Waals surface area contributed by atoms with E-state index in [0.29, 0.717) is 18.4 Å². The van der Waals surface area contributed by atoms with E-state index in [1.807, 2.05) is 26.0 Å². The molecule has 1 fully saturated rings. The zero-order chi connectivity index (χ0) is 21.4. The Balaban J connectivity index is 2.06. The van der Waals surface area contributed by atoms with Gasteiger partial charge in [-0.2, -0.15) is 24.9 Å². The van der Waals surface area contributed by atoms with Crippen molar-refractivity contribution in [1.82, 2.24) is 0 Å². The van der Waals surface area contributed by atoms with Crippen LogP contribution in [0.4, 0.5) is 13.2 Å². The van der Waals surface area contributed by atoms with E-state index < -0.39 is 30.8 Å². The van der Waals surface area contributed by atoms with Gasteiger partial charge in [0.25, 0.3) is 0 Å². The number of thioether (sulfide) groups is 1. The highest BCUT2D eigenvalue weighted by Crippen LogP contribution is 2.56. The van der Waals surface area contributed by atoms with Gasteiger partial charge in [-0.05, 0) is 48.3 Å². The van der Waals surface area contributed by atoms with E-state index >= 15 is 0 Å². The van der Waals surface area contributed by atoms with E-state index in [2.05, 4.69) is 0 Å². The molecule has 4 nitrogen and oxygen atoms in total. The lowest BCUT2D eigenvalue weighted by Crippen LogP contribution is -2.37. The predicted molar refractivity (Wildman–Crippen MR) is 112 cm³/mol. The first-order valence-corrected chi connectivity index (χ1v) is 13.3. The first-order chi connectivity index (χ1) is 13.4. The van der Waals surface area contributed by atoms with Gasteiger partial charge in [0.1, 0.15) is 5.57 Å². The van der Waals surface area contributed by atoms with E-state index in [-0.39, 0.29) is 11.3 Å². The molecule has 1 spiro atoms. The summed E-state index contributed by atoms with van der Waals surface area (Å²) in [5.41, 5.74) is 1.74. The Bertz CT molecular complexity index is 892. The second-order valence-electron chi connectivity index (χ2n) is 7.27. The number of benzene rings is 1. The normalized spacial score (nSPS) is 21.2. The third kappa shape index (κ3) is 5.19. The third-order valence-corrected chi connectivity index (χ3v) is 7.44. The number of halogens is 3. The van der Waals surface area contributed by atoms with Gasteiger partial charge >= 0.3 is 12.1 Å². The molecule has 1 unspecified atom stereocenters. The average molecular weight is 466 g/mol. The van der Waals surface area contributed by atoms with Gasteiger partial charge in [-0.25, -0.2) is 4.79 Å². The quantitative estimate of drug-likeness (QED) is 0.429. The second-order valence-corrected chi connectivity index (χ2v) is 12.5. The topological polar surface area (TPSA) is 44.8 Å². The van der Waals surface area contributed by atoms with Crippen molar-refractivity contribution >= 4 is 41.6 Å². The maximum Gasteiger partial charge on any atom is 0.412 e. The Morgan fingerprint density at radius 3 is 2.52 bits per heavy atom. The largest absolute Gasteiger partial charge is 0.447 e. The zero-order valence-corrected chi connectivity index (χ0v) is 18.8. The molecular weight excluding hydrogens is 444 g/mol. The van der Waals surface area contributed by atoms with Crippen LogP contribution in [0.5, 0.6) is 0 Å². The average Bonchev–Trinajstić information content (AvgIpc) is 2.84. The summed E-state index contributed by atoms with van der Waals surface area (Å²) in [5, 5.41) is 0. The lowest BCUT2D eigenvalue weighted by Gasteiger charge is -2.35. The SMILES string of the molecule is Cc1ccc(C2=C(OP(C)(=S)OCC(F)(F)F)C3(CCSCC3)OC2=O)c(C)c1. The first-order valence-electron chi connectivity index (χ1n) is 9.04. The van der Waals surface area contributed by atoms with Gasteiger partial charge < -0.3 is 13.8 Å². The molecule has 0 aliphatic carbocycles. The predicted octanol–water partition coefficient (Wildman–Crippen LogP) is 5.37. The minimum Gasteiger partial charge on any atom is -0.447 e. The Labute approximate surface area is 177 Å². The van der Waals surface area contributed by atoms with Crippen molar-refractivity contribution in [3.8, 4) is 0 Å². The van der Waals surface area contributed by atoms with Gasteiger partial charge in [0, 0.05) is 19.5 Å². The number of hydrogen-bond donors (Lipinski definition) is 0. The van der Waals surface area contributed by atoms with Crippen molar-refractivity contribution in [2.75, 3.05) is 24.8 Å². The summed E-state index contributed by atoms with van der Waals surface area (Å²) in [6.07, 6.45) is -3.49. The molecule has 2 aliphatic heterocycles. The van der Waals surface area contributed by atoms with Crippen molar-refractivity contribution in [2.24, 2.45) is 0 Å². The fraction of sp³-hybridized carbons (Fsp3) is 0.526. The van der Waals surface area contributed by atoms with Crippen molar-refractivity contribution < 1.29 is 31.8 Å². The molecular formula is C19H22F3O4PS2. The van der Waals surface area contributed by atoms with Crippen LogP contribution in [0.15, 0.2) is 24.0 Å². The Kier molecular flexibility index (Phi) is 6.45. The number of esters is 1. The molecule has 10 heteroatoms. The van der Waals surface area contributed by atoms with Gasteiger partial charge in [0.05, 0.1) is 0 Å². The molecule has 2 aliphatic rings. The summed E-state index contributed by atoms with van der Waals surface area (Å²) in [7, 11) is 0. The van der Waals surface area contributed by atoms with E-state index in [9.17, 15) is 18.0 Å². The molecule has 1 saturated heterocycles. The van der Waals surface area contributed by atoms with Crippen LogP contribution in [-0.4, -0.2) is 42.5 Å². The minimum atomic E-state index is -4.52. The smallest absolute Gasteiger partial charge is 0.412 e. The van der Waals surface area contributed by atoms with Crippen molar-refractivity contribution in [3.63, 3.8) is 0 Å². The van der Waals surface area contributed by atoms with Crippen LogP contribution in [0.2, 0.25) is 0 Å². The lowest BCUT2D eigenvalue weighted by atomic mass is 9.90. The summed E-state index contributed by atoms with van der Waals surface area (Å²) in [6, 6.07) is 5.60. The number of carbonyl (C=O) groups excluding carboxylic acids is 1. The molecule has 0 amide bonds. The second kappa shape index (κ2) is 8.25. The number of alkyl halides is 3. The molecule has 1 aromatic carbocycles. The molecule has 3 rings (SSSR count).